The summed E-state index contributed by atoms with van der Waals surface area (Å²) in [5.74, 6) is 0. The first-order chi connectivity index (χ1) is 8.29. The van der Waals surface area contributed by atoms with Crippen molar-refractivity contribution in [2.75, 3.05) is 13.1 Å². The van der Waals surface area contributed by atoms with E-state index in [1.54, 1.807) is 0 Å². The topological polar surface area (TPSA) is 93.8 Å². The van der Waals surface area contributed by atoms with Crippen LogP contribution in [0.15, 0.2) is 5.11 Å². The van der Waals surface area contributed by atoms with Gasteiger partial charge in [-0.2, -0.15) is 5.26 Å². The van der Waals surface area contributed by atoms with Crippen molar-refractivity contribution < 1.29 is 4.74 Å². The molecule has 1 N–H and O–H groups in total. The van der Waals surface area contributed by atoms with Crippen molar-refractivity contribution in [2.45, 2.75) is 57.3 Å². The number of azide groups is 1. The average Bonchev–Trinajstić information content (AvgIpc) is 2.43. The lowest BCUT2D eigenvalue weighted by Gasteiger charge is -2.34. The van der Waals surface area contributed by atoms with Gasteiger partial charge < -0.3 is 4.74 Å². The van der Waals surface area contributed by atoms with Crippen LogP contribution in [0.25, 0.3) is 10.4 Å². The van der Waals surface area contributed by atoms with Gasteiger partial charge in [0.2, 0.25) is 0 Å². The molecule has 0 bridgehead atoms. The van der Waals surface area contributed by atoms with E-state index in [4.69, 9.17) is 10.3 Å². The molecule has 6 nitrogen and oxygen atoms in total. The summed E-state index contributed by atoms with van der Waals surface area (Å²) in [6, 6.07) is 2.37. The predicted molar refractivity (Wildman–Crippen MR) is 68.8 cm³/mol. The van der Waals surface area contributed by atoms with Crippen molar-refractivity contribution in [3.8, 4) is 6.07 Å². The van der Waals surface area contributed by atoms with Gasteiger partial charge in [0.1, 0.15) is 5.54 Å². The Morgan fingerprint density at radius 2 is 2.11 bits per heavy atom. The first kappa shape index (κ1) is 14.8. The van der Waals surface area contributed by atoms with Crippen molar-refractivity contribution in [3.05, 3.63) is 10.4 Å². The van der Waals surface area contributed by atoms with Crippen molar-refractivity contribution in [3.63, 3.8) is 0 Å². The van der Waals surface area contributed by atoms with E-state index in [2.05, 4.69) is 21.4 Å². The summed E-state index contributed by atoms with van der Waals surface area (Å²) in [7, 11) is 0. The molecular weight excluding hydrogens is 230 g/mol. The minimum Gasteiger partial charge on any atom is -0.367 e. The molecule has 6 heteroatoms. The van der Waals surface area contributed by atoms with Crippen molar-refractivity contribution >= 4 is 0 Å². The van der Waals surface area contributed by atoms with E-state index in [0.29, 0.717) is 25.9 Å². The second kappa shape index (κ2) is 5.15. The van der Waals surface area contributed by atoms with Crippen LogP contribution in [-0.4, -0.2) is 29.8 Å². The number of ether oxygens (including phenoxy) is 1. The molecular formula is C12H21N5O. The van der Waals surface area contributed by atoms with E-state index >= 15 is 0 Å². The molecule has 1 heterocycles. The summed E-state index contributed by atoms with van der Waals surface area (Å²) in [5, 5.41) is 16.3. The third kappa shape index (κ3) is 2.94. The highest BCUT2D eigenvalue weighted by Gasteiger charge is 2.57. The Morgan fingerprint density at radius 1 is 1.44 bits per heavy atom. The van der Waals surface area contributed by atoms with Crippen LogP contribution in [0, 0.1) is 11.3 Å². The third-order valence-electron chi connectivity index (χ3n) is 3.37. The summed E-state index contributed by atoms with van der Waals surface area (Å²) < 4.78 is 5.95. The van der Waals surface area contributed by atoms with Crippen LogP contribution in [0.5, 0.6) is 0 Å². The van der Waals surface area contributed by atoms with Gasteiger partial charge in [0.15, 0.2) is 0 Å². The first-order valence-corrected chi connectivity index (χ1v) is 6.16. The fraction of sp³-hybridized carbons (Fsp3) is 0.917. The number of nitrogens with zero attached hydrogens (tertiary/aromatic N) is 4. The molecule has 0 aromatic heterocycles. The fourth-order valence-corrected chi connectivity index (χ4v) is 2.65. The van der Waals surface area contributed by atoms with Gasteiger partial charge in [0.25, 0.3) is 0 Å². The molecule has 100 valence electrons. The molecule has 0 amide bonds. The standard InChI is InChI=1S/C12H21N5O/c1-10(2)8-12(9-13,11(3,4)18-10)15-6-5-7-16-17-14/h15H,5-8H2,1-4H3. The number of rotatable bonds is 5. The van der Waals surface area contributed by atoms with E-state index < -0.39 is 11.1 Å². The van der Waals surface area contributed by atoms with E-state index in [-0.39, 0.29) is 5.60 Å². The lowest BCUT2D eigenvalue weighted by Crippen LogP contribution is -2.56. The Kier molecular flexibility index (Phi) is 4.23. The Labute approximate surface area is 108 Å². The van der Waals surface area contributed by atoms with E-state index in [1.807, 2.05) is 27.7 Å². The molecule has 0 saturated carbocycles. The normalized spacial score (nSPS) is 28.4. The SMILES string of the molecule is CC1(C)CC(C#N)(NCCCN=[N+]=[N-])C(C)(C)O1. The molecule has 0 radical (unpaired) electrons. The fourth-order valence-electron chi connectivity index (χ4n) is 2.65. The van der Waals surface area contributed by atoms with Crippen LogP contribution >= 0.6 is 0 Å². The van der Waals surface area contributed by atoms with Gasteiger partial charge in [0.05, 0.1) is 17.3 Å². The monoisotopic (exact) mass is 251 g/mol. The first-order valence-electron chi connectivity index (χ1n) is 6.16. The average molecular weight is 251 g/mol. The van der Waals surface area contributed by atoms with Gasteiger partial charge in [-0.15, -0.1) is 0 Å². The Bertz CT molecular complexity index is 392. The molecule has 0 aliphatic carbocycles. The van der Waals surface area contributed by atoms with Crippen LogP contribution in [0.2, 0.25) is 0 Å². The summed E-state index contributed by atoms with van der Waals surface area (Å²) in [6.45, 7) is 8.94. The zero-order chi connectivity index (χ0) is 13.9. The van der Waals surface area contributed by atoms with Crippen LogP contribution in [0.1, 0.15) is 40.5 Å². The molecule has 1 fully saturated rings. The Balaban J connectivity index is 2.69. The maximum atomic E-state index is 9.51. The molecule has 0 aromatic carbocycles. The third-order valence-corrected chi connectivity index (χ3v) is 3.37. The Hall–Kier alpha value is -1.28. The highest BCUT2D eigenvalue weighted by atomic mass is 16.5. The quantitative estimate of drug-likeness (QED) is 0.352. The molecule has 0 spiro atoms. The summed E-state index contributed by atoms with van der Waals surface area (Å²) in [5.41, 5.74) is 6.66. The minimum atomic E-state index is -0.688. The number of nitriles is 1. The molecule has 0 aromatic rings. The van der Waals surface area contributed by atoms with Gasteiger partial charge in [-0.3, -0.25) is 5.32 Å². The smallest absolute Gasteiger partial charge is 0.138 e. The zero-order valence-corrected chi connectivity index (χ0v) is 11.5. The minimum absolute atomic E-state index is 0.308. The van der Waals surface area contributed by atoms with Gasteiger partial charge in [-0.25, -0.2) is 0 Å². The maximum Gasteiger partial charge on any atom is 0.138 e. The van der Waals surface area contributed by atoms with Gasteiger partial charge in [-0.05, 0) is 46.2 Å². The summed E-state index contributed by atoms with van der Waals surface area (Å²) in [4.78, 5) is 2.70. The van der Waals surface area contributed by atoms with Crippen molar-refractivity contribution in [1.29, 1.82) is 5.26 Å². The van der Waals surface area contributed by atoms with Crippen molar-refractivity contribution in [2.24, 2.45) is 5.11 Å². The highest BCUT2D eigenvalue weighted by Crippen LogP contribution is 2.44. The molecule has 18 heavy (non-hydrogen) atoms. The second-order valence-electron chi connectivity index (χ2n) is 5.80. The van der Waals surface area contributed by atoms with Gasteiger partial charge >= 0.3 is 0 Å². The summed E-state index contributed by atoms with van der Waals surface area (Å²) >= 11 is 0. The maximum absolute atomic E-state index is 9.51. The summed E-state index contributed by atoms with van der Waals surface area (Å²) in [6.07, 6.45) is 1.36. The van der Waals surface area contributed by atoms with Gasteiger partial charge in [-0.1, -0.05) is 5.11 Å². The van der Waals surface area contributed by atoms with E-state index in [1.165, 1.54) is 0 Å². The number of hydrogen-bond donors (Lipinski definition) is 1. The number of nitrogens with one attached hydrogen (secondary N) is 1. The van der Waals surface area contributed by atoms with Crippen LogP contribution in [0.3, 0.4) is 0 Å². The van der Waals surface area contributed by atoms with E-state index in [9.17, 15) is 5.26 Å². The zero-order valence-electron chi connectivity index (χ0n) is 11.5. The molecule has 1 atom stereocenters. The van der Waals surface area contributed by atoms with Crippen molar-refractivity contribution in [1.82, 2.24) is 5.32 Å². The highest BCUT2D eigenvalue weighted by molar-refractivity contribution is 5.22. The van der Waals surface area contributed by atoms with E-state index in [0.717, 1.165) is 0 Å². The molecule has 1 unspecified atom stereocenters. The van der Waals surface area contributed by atoms with Crippen LogP contribution < -0.4 is 5.32 Å². The number of hydrogen-bond acceptors (Lipinski definition) is 4. The predicted octanol–water partition coefficient (Wildman–Crippen LogP) is 2.52. The molecule has 1 rings (SSSR count). The van der Waals surface area contributed by atoms with Gasteiger partial charge in [0, 0.05) is 17.9 Å². The second-order valence-corrected chi connectivity index (χ2v) is 5.80. The molecule has 1 aliphatic rings. The molecule has 1 saturated heterocycles. The van der Waals surface area contributed by atoms with Crippen LogP contribution in [0.4, 0.5) is 0 Å². The molecule has 1 aliphatic heterocycles. The largest absolute Gasteiger partial charge is 0.367 e. The van der Waals surface area contributed by atoms with Crippen LogP contribution in [-0.2, 0) is 4.74 Å². The lowest BCUT2D eigenvalue weighted by molar-refractivity contribution is -0.0765. The Morgan fingerprint density at radius 3 is 2.56 bits per heavy atom. The lowest BCUT2D eigenvalue weighted by atomic mass is 9.80.